The number of carboxylic acid groups (broad SMARTS) is 2. The van der Waals surface area contributed by atoms with Crippen LogP contribution < -0.4 is 15.5 Å². The number of hydrogen-bond donors (Lipinski definition) is 4. The number of aliphatic carboxylic acids is 2. The molecule has 1 fully saturated rings. The summed E-state index contributed by atoms with van der Waals surface area (Å²) in [7, 11) is 0. The Kier molecular flexibility index (Phi) is 10.1. The molecule has 1 saturated heterocycles. The van der Waals surface area contributed by atoms with E-state index in [0.717, 1.165) is 37.2 Å². The third-order valence-electron chi connectivity index (χ3n) is 4.12. The molecule has 1 aliphatic heterocycles. The van der Waals surface area contributed by atoms with E-state index in [2.05, 4.69) is 15.5 Å². The number of piperidine rings is 1. The van der Waals surface area contributed by atoms with Gasteiger partial charge in [0.05, 0.1) is 4.92 Å². The summed E-state index contributed by atoms with van der Waals surface area (Å²) in [6, 6.07) is 5.44. The van der Waals surface area contributed by atoms with Gasteiger partial charge in [0, 0.05) is 45.7 Å². The number of hydrogen-bond acceptors (Lipinski definition) is 7. The monoisotopic (exact) mass is 410 g/mol. The molecule has 1 amide bonds. The molecule has 2 rings (SSSR count). The Bertz CT molecular complexity index is 721. The molecule has 1 aromatic carbocycles. The van der Waals surface area contributed by atoms with Crippen LogP contribution in [0.25, 0.3) is 0 Å². The van der Waals surface area contributed by atoms with Crippen molar-refractivity contribution in [3.05, 3.63) is 33.9 Å². The third kappa shape index (κ3) is 9.02. The molecular weight excluding hydrogens is 384 g/mol. The number of nitrogens with zero attached hydrogens (tertiary/aromatic N) is 2. The second-order valence-corrected chi connectivity index (χ2v) is 6.40. The first-order chi connectivity index (χ1) is 13.7. The smallest absolute Gasteiger partial charge is 0.414 e. The molecule has 0 aromatic heterocycles. The molecule has 0 radical (unpaired) electrons. The molecule has 0 atom stereocenters. The van der Waals surface area contributed by atoms with Crippen LogP contribution in [0.15, 0.2) is 18.2 Å². The second-order valence-electron chi connectivity index (χ2n) is 6.40. The summed E-state index contributed by atoms with van der Waals surface area (Å²) in [5.74, 6) is -3.71. The molecular formula is C18H26N4O7. The van der Waals surface area contributed by atoms with Crippen LogP contribution in [0.1, 0.15) is 31.7 Å². The molecule has 1 aromatic rings. The Balaban J connectivity index is 0.000000612. The fourth-order valence-corrected chi connectivity index (χ4v) is 2.79. The zero-order chi connectivity index (χ0) is 21.8. The average molecular weight is 410 g/mol. The van der Waals surface area contributed by atoms with E-state index in [0.29, 0.717) is 19.6 Å². The largest absolute Gasteiger partial charge is 0.473 e. The van der Waals surface area contributed by atoms with Gasteiger partial charge >= 0.3 is 11.9 Å². The first-order valence-corrected chi connectivity index (χ1v) is 9.16. The van der Waals surface area contributed by atoms with Crippen molar-refractivity contribution in [3.8, 4) is 0 Å². The highest BCUT2D eigenvalue weighted by molar-refractivity contribution is 6.27. The van der Waals surface area contributed by atoms with E-state index in [9.17, 15) is 14.9 Å². The Morgan fingerprint density at radius 2 is 1.72 bits per heavy atom. The van der Waals surface area contributed by atoms with E-state index in [1.807, 2.05) is 12.1 Å². The highest BCUT2D eigenvalue weighted by atomic mass is 16.6. The van der Waals surface area contributed by atoms with E-state index >= 15 is 0 Å². The fraction of sp³-hybridized carbons (Fsp3) is 0.500. The van der Waals surface area contributed by atoms with Crippen molar-refractivity contribution in [2.24, 2.45) is 0 Å². The maximum atomic E-state index is 11.4. The minimum atomic E-state index is -1.82. The molecule has 11 nitrogen and oxygen atoms in total. The van der Waals surface area contributed by atoms with Gasteiger partial charge in [-0.25, -0.2) is 9.59 Å². The molecule has 0 unspecified atom stereocenters. The minimum Gasteiger partial charge on any atom is -0.473 e. The summed E-state index contributed by atoms with van der Waals surface area (Å²) in [5, 5.41) is 32.0. The second kappa shape index (κ2) is 12.3. The van der Waals surface area contributed by atoms with Gasteiger partial charge in [0.1, 0.15) is 5.69 Å². The molecule has 0 bridgehead atoms. The van der Waals surface area contributed by atoms with E-state index in [-0.39, 0.29) is 16.5 Å². The molecule has 160 valence electrons. The van der Waals surface area contributed by atoms with Crippen molar-refractivity contribution in [2.75, 3.05) is 31.1 Å². The zero-order valence-corrected chi connectivity index (χ0v) is 16.2. The maximum Gasteiger partial charge on any atom is 0.414 e. The predicted octanol–water partition coefficient (Wildman–Crippen LogP) is 0.966. The number of rotatable bonds is 7. The standard InChI is InChI=1S/C16H24N4O3.C2H2O4/c1-13(21)18-8-7-17-12-14-5-6-15(16(11-14)20(22)23)19-9-3-2-4-10-19;3-1(4)2(5)6/h5-6,11,17H,2-4,7-10,12H2,1H3,(H,18,21);(H,3,4)(H,5,6). The van der Waals surface area contributed by atoms with Crippen LogP contribution in [0.4, 0.5) is 11.4 Å². The first kappa shape index (κ1) is 23.8. The van der Waals surface area contributed by atoms with Crippen LogP contribution in [-0.4, -0.2) is 59.2 Å². The Hall–Kier alpha value is -3.21. The number of benzene rings is 1. The van der Waals surface area contributed by atoms with Gasteiger partial charge in [-0.15, -0.1) is 0 Å². The highest BCUT2D eigenvalue weighted by Gasteiger charge is 2.21. The van der Waals surface area contributed by atoms with Crippen molar-refractivity contribution in [2.45, 2.75) is 32.7 Å². The Labute approximate surface area is 167 Å². The van der Waals surface area contributed by atoms with Crippen LogP contribution in [0.2, 0.25) is 0 Å². The summed E-state index contributed by atoms with van der Waals surface area (Å²) in [4.78, 5) is 42.1. The number of amides is 1. The van der Waals surface area contributed by atoms with Crippen molar-refractivity contribution < 1.29 is 29.5 Å². The maximum absolute atomic E-state index is 11.4. The van der Waals surface area contributed by atoms with Gasteiger partial charge in [-0.1, -0.05) is 6.07 Å². The quantitative estimate of drug-likeness (QED) is 0.222. The number of nitro groups is 1. The van der Waals surface area contributed by atoms with Gasteiger partial charge in [-0.3, -0.25) is 14.9 Å². The molecule has 11 heteroatoms. The number of carboxylic acids is 2. The van der Waals surface area contributed by atoms with Gasteiger partial charge in [-0.2, -0.15) is 0 Å². The predicted molar refractivity (Wildman–Crippen MR) is 105 cm³/mol. The summed E-state index contributed by atoms with van der Waals surface area (Å²) in [6.07, 6.45) is 3.37. The summed E-state index contributed by atoms with van der Waals surface area (Å²) >= 11 is 0. The van der Waals surface area contributed by atoms with E-state index in [1.165, 1.54) is 13.3 Å². The number of nitrogens with one attached hydrogen (secondary N) is 2. The molecule has 1 aliphatic rings. The van der Waals surface area contributed by atoms with Crippen molar-refractivity contribution >= 4 is 29.2 Å². The van der Waals surface area contributed by atoms with Crippen molar-refractivity contribution in [1.82, 2.24) is 10.6 Å². The normalized spacial score (nSPS) is 13.1. The van der Waals surface area contributed by atoms with Crippen LogP contribution in [0, 0.1) is 10.1 Å². The van der Waals surface area contributed by atoms with Gasteiger partial charge in [-0.05, 0) is 30.9 Å². The molecule has 0 saturated carbocycles. The van der Waals surface area contributed by atoms with Gasteiger partial charge < -0.3 is 25.7 Å². The molecule has 4 N–H and O–H groups in total. The Morgan fingerprint density at radius 3 is 2.24 bits per heavy atom. The first-order valence-electron chi connectivity index (χ1n) is 9.16. The molecule has 1 heterocycles. The summed E-state index contributed by atoms with van der Waals surface area (Å²) < 4.78 is 0. The number of nitro benzene ring substituents is 1. The number of anilines is 1. The average Bonchev–Trinajstić information content (AvgIpc) is 2.68. The van der Waals surface area contributed by atoms with Crippen LogP contribution in [-0.2, 0) is 20.9 Å². The molecule has 29 heavy (non-hydrogen) atoms. The summed E-state index contributed by atoms with van der Waals surface area (Å²) in [5.41, 5.74) is 1.77. The number of carbonyl (C=O) groups excluding carboxylic acids is 1. The van der Waals surface area contributed by atoms with Crippen LogP contribution >= 0.6 is 0 Å². The van der Waals surface area contributed by atoms with Gasteiger partial charge in [0.15, 0.2) is 0 Å². The van der Waals surface area contributed by atoms with Gasteiger partial charge in [0.25, 0.3) is 5.69 Å². The highest BCUT2D eigenvalue weighted by Crippen LogP contribution is 2.31. The van der Waals surface area contributed by atoms with Gasteiger partial charge in [0.2, 0.25) is 5.91 Å². The lowest BCUT2D eigenvalue weighted by atomic mass is 10.1. The lowest BCUT2D eigenvalue weighted by Crippen LogP contribution is -2.30. The van der Waals surface area contributed by atoms with E-state index < -0.39 is 11.9 Å². The van der Waals surface area contributed by atoms with E-state index in [4.69, 9.17) is 19.8 Å². The fourth-order valence-electron chi connectivity index (χ4n) is 2.79. The Morgan fingerprint density at radius 1 is 1.10 bits per heavy atom. The SMILES string of the molecule is CC(=O)NCCNCc1ccc(N2CCCCC2)c([N+](=O)[O-])c1.O=C(O)C(=O)O. The minimum absolute atomic E-state index is 0.0617. The van der Waals surface area contributed by atoms with Crippen LogP contribution in [0.3, 0.4) is 0 Å². The lowest BCUT2D eigenvalue weighted by Gasteiger charge is -2.28. The summed E-state index contributed by atoms with van der Waals surface area (Å²) in [6.45, 7) is 4.96. The topological polar surface area (TPSA) is 162 Å². The van der Waals surface area contributed by atoms with Crippen molar-refractivity contribution in [3.63, 3.8) is 0 Å². The van der Waals surface area contributed by atoms with Crippen molar-refractivity contribution in [1.29, 1.82) is 0 Å². The third-order valence-corrected chi connectivity index (χ3v) is 4.12. The number of carbonyl (C=O) groups is 3. The molecule has 0 aliphatic carbocycles. The zero-order valence-electron chi connectivity index (χ0n) is 16.2. The molecule has 0 spiro atoms. The van der Waals surface area contributed by atoms with E-state index in [1.54, 1.807) is 6.07 Å². The lowest BCUT2D eigenvalue weighted by molar-refractivity contribution is -0.384. The van der Waals surface area contributed by atoms with Crippen LogP contribution in [0.5, 0.6) is 0 Å².